The van der Waals surface area contributed by atoms with Crippen molar-refractivity contribution in [3.05, 3.63) is 0 Å². The number of isothiocyanates is 1. The van der Waals surface area contributed by atoms with Gasteiger partial charge in [0.2, 0.25) is 0 Å². The number of Topliss-reactive ketones (excluding diaryl/α,β-unsaturated/α-hetero) is 1. The zero-order valence-electron chi connectivity index (χ0n) is 5.39. The SMILES string of the molecule is CC(=O)CCCN=C=S. The Labute approximate surface area is 60.0 Å². The van der Waals surface area contributed by atoms with Crippen LogP contribution in [0.3, 0.4) is 0 Å². The second kappa shape index (κ2) is 5.60. The maximum Gasteiger partial charge on any atom is 0.129 e. The van der Waals surface area contributed by atoms with Crippen LogP contribution in [0.5, 0.6) is 0 Å². The number of nitrogens with zero attached hydrogens (tertiary/aromatic N) is 1. The Bertz CT molecular complexity index is 136. The highest BCUT2D eigenvalue weighted by Crippen LogP contribution is 1.89. The van der Waals surface area contributed by atoms with E-state index in [4.69, 9.17) is 0 Å². The van der Waals surface area contributed by atoms with Crippen LogP contribution in [-0.4, -0.2) is 17.5 Å². The van der Waals surface area contributed by atoms with Crippen molar-refractivity contribution in [3.63, 3.8) is 0 Å². The molecule has 0 unspecified atom stereocenters. The first-order chi connectivity index (χ1) is 4.27. The highest BCUT2D eigenvalue weighted by atomic mass is 32.1. The summed E-state index contributed by atoms with van der Waals surface area (Å²) in [5, 5.41) is 2.24. The first-order valence-corrected chi connectivity index (χ1v) is 3.21. The Kier molecular flexibility index (Phi) is 5.27. The molecule has 0 heterocycles. The lowest BCUT2D eigenvalue weighted by Gasteiger charge is -1.87. The van der Waals surface area contributed by atoms with Crippen LogP contribution in [0.2, 0.25) is 0 Å². The van der Waals surface area contributed by atoms with Crippen molar-refractivity contribution in [2.75, 3.05) is 6.54 Å². The second-order valence-electron chi connectivity index (χ2n) is 1.78. The topological polar surface area (TPSA) is 29.4 Å². The van der Waals surface area contributed by atoms with E-state index >= 15 is 0 Å². The monoisotopic (exact) mass is 143 g/mol. The van der Waals surface area contributed by atoms with Crippen molar-refractivity contribution in [3.8, 4) is 0 Å². The smallest absolute Gasteiger partial charge is 0.129 e. The molecule has 0 aromatic heterocycles. The average Bonchev–Trinajstić information content (AvgIpc) is 1.80. The molecule has 0 fully saturated rings. The molecule has 0 saturated carbocycles. The van der Waals surface area contributed by atoms with Crippen molar-refractivity contribution in [1.29, 1.82) is 0 Å². The predicted octanol–water partition coefficient (Wildman–Crippen LogP) is 1.46. The lowest BCUT2D eigenvalue weighted by atomic mass is 10.2. The lowest BCUT2D eigenvalue weighted by molar-refractivity contribution is -0.117. The highest BCUT2D eigenvalue weighted by molar-refractivity contribution is 7.78. The number of aliphatic imine (C=N–C) groups is 1. The maximum atomic E-state index is 10.3. The highest BCUT2D eigenvalue weighted by Gasteiger charge is 1.89. The number of rotatable bonds is 4. The molecular formula is C6H9NOS. The van der Waals surface area contributed by atoms with Crippen LogP contribution in [0.1, 0.15) is 19.8 Å². The molecule has 0 aliphatic heterocycles. The number of thiocarbonyl (C=S) groups is 1. The minimum Gasteiger partial charge on any atom is -0.300 e. The Morgan fingerprint density at radius 1 is 1.78 bits per heavy atom. The van der Waals surface area contributed by atoms with Crippen molar-refractivity contribution in [1.82, 2.24) is 0 Å². The maximum absolute atomic E-state index is 10.3. The first kappa shape index (κ1) is 8.47. The Morgan fingerprint density at radius 2 is 2.44 bits per heavy atom. The Morgan fingerprint density at radius 3 is 2.89 bits per heavy atom. The van der Waals surface area contributed by atoms with Crippen LogP contribution in [0.4, 0.5) is 0 Å². The molecule has 0 spiro atoms. The molecule has 0 bridgehead atoms. The van der Waals surface area contributed by atoms with E-state index in [-0.39, 0.29) is 5.78 Å². The molecule has 0 radical (unpaired) electrons. The van der Waals surface area contributed by atoms with E-state index in [0.717, 1.165) is 6.42 Å². The van der Waals surface area contributed by atoms with Gasteiger partial charge >= 0.3 is 0 Å². The van der Waals surface area contributed by atoms with E-state index in [1.807, 2.05) is 0 Å². The zero-order chi connectivity index (χ0) is 7.11. The standard InChI is InChI=1S/C6H9NOS/c1-6(8)3-2-4-7-5-9/h2-4H2,1H3. The van der Waals surface area contributed by atoms with Gasteiger partial charge in [0.15, 0.2) is 0 Å². The summed E-state index contributed by atoms with van der Waals surface area (Å²) in [6.45, 7) is 2.20. The van der Waals surface area contributed by atoms with Gasteiger partial charge in [0, 0.05) is 13.0 Å². The second-order valence-corrected chi connectivity index (χ2v) is 1.96. The third-order valence-corrected chi connectivity index (χ3v) is 0.992. The van der Waals surface area contributed by atoms with E-state index in [2.05, 4.69) is 22.4 Å². The van der Waals surface area contributed by atoms with Gasteiger partial charge in [-0.25, -0.2) is 4.99 Å². The fourth-order valence-corrected chi connectivity index (χ4v) is 0.544. The van der Waals surface area contributed by atoms with Gasteiger partial charge in [-0.2, -0.15) is 0 Å². The minimum atomic E-state index is 0.203. The normalized spacial score (nSPS) is 8.11. The van der Waals surface area contributed by atoms with Crippen LogP contribution >= 0.6 is 12.2 Å². The molecule has 0 aliphatic rings. The van der Waals surface area contributed by atoms with E-state index in [1.54, 1.807) is 6.92 Å². The number of ketones is 1. The molecular weight excluding hydrogens is 134 g/mol. The number of carbonyl (C=O) groups is 1. The van der Waals surface area contributed by atoms with Gasteiger partial charge in [0.05, 0.1) is 5.16 Å². The van der Waals surface area contributed by atoms with Crippen molar-refractivity contribution >= 4 is 23.2 Å². The molecule has 0 aliphatic carbocycles. The van der Waals surface area contributed by atoms with Gasteiger partial charge < -0.3 is 4.79 Å². The lowest BCUT2D eigenvalue weighted by Crippen LogP contribution is -1.90. The number of hydrogen-bond acceptors (Lipinski definition) is 3. The van der Waals surface area contributed by atoms with Gasteiger partial charge in [-0.3, -0.25) is 0 Å². The van der Waals surface area contributed by atoms with E-state index in [0.29, 0.717) is 13.0 Å². The summed E-state index contributed by atoms with van der Waals surface area (Å²) >= 11 is 4.33. The van der Waals surface area contributed by atoms with Crippen molar-refractivity contribution in [2.24, 2.45) is 4.99 Å². The van der Waals surface area contributed by atoms with Gasteiger partial charge in [0.1, 0.15) is 5.78 Å². The van der Waals surface area contributed by atoms with E-state index < -0.39 is 0 Å². The van der Waals surface area contributed by atoms with Gasteiger partial charge in [-0.15, -0.1) is 0 Å². The third kappa shape index (κ3) is 7.47. The largest absolute Gasteiger partial charge is 0.300 e. The minimum absolute atomic E-state index is 0.203. The van der Waals surface area contributed by atoms with Crippen molar-refractivity contribution < 1.29 is 4.79 Å². The van der Waals surface area contributed by atoms with Crippen LogP contribution < -0.4 is 0 Å². The quantitative estimate of drug-likeness (QED) is 0.339. The molecule has 2 nitrogen and oxygen atoms in total. The molecule has 50 valence electrons. The third-order valence-electron chi connectivity index (χ3n) is 0.863. The van der Waals surface area contributed by atoms with Crippen LogP contribution in [0, 0.1) is 0 Å². The summed E-state index contributed by atoms with van der Waals surface area (Å²) in [4.78, 5) is 14.0. The van der Waals surface area contributed by atoms with Crippen LogP contribution in [0.25, 0.3) is 0 Å². The Hall–Kier alpha value is -0.530. The molecule has 0 saturated heterocycles. The molecule has 0 atom stereocenters. The zero-order valence-corrected chi connectivity index (χ0v) is 6.20. The average molecular weight is 143 g/mol. The fourth-order valence-electron chi connectivity index (χ4n) is 0.453. The summed E-state index contributed by atoms with van der Waals surface area (Å²) in [6, 6.07) is 0. The molecule has 0 rings (SSSR count). The Balaban J connectivity index is 3.10. The van der Waals surface area contributed by atoms with E-state index in [1.165, 1.54) is 0 Å². The molecule has 0 N–H and O–H groups in total. The summed E-state index contributed by atoms with van der Waals surface area (Å²) in [6.07, 6.45) is 1.39. The number of carbonyl (C=O) groups excluding carboxylic acids is 1. The predicted molar refractivity (Wildman–Crippen MR) is 39.8 cm³/mol. The van der Waals surface area contributed by atoms with Gasteiger partial charge in [0.25, 0.3) is 0 Å². The van der Waals surface area contributed by atoms with Crippen LogP contribution in [0.15, 0.2) is 4.99 Å². The summed E-state index contributed by atoms with van der Waals surface area (Å²) in [5.74, 6) is 0.203. The fraction of sp³-hybridized carbons (Fsp3) is 0.667. The molecule has 0 amide bonds. The summed E-state index contributed by atoms with van der Waals surface area (Å²) in [7, 11) is 0. The van der Waals surface area contributed by atoms with Crippen molar-refractivity contribution in [2.45, 2.75) is 19.8 Å². The molecule has 3 heteroatoms. The molecule has 9 heavy (non-hydrogen) atoms. The van der Waals surface area contributed by atoms with Gasteiger partial charge in [-0.05, 0) is 25.6 Å². The molecule has 0 aromatic rings. The summed E-state index contributed by atoms with van der Waals surface area (Å²) < 4.78 is 0. The number of hydrogen-bond donors (Lipinski definition) is 0. The summed E-state index contributed by atoms with van der Waals surface area (Å²) in [5.41, 5.74) is 0. The van der Waals surface area contributed by atoms with E-state index in [9.17, 15) is 4.79 Å². The first-order valence-electron chi connectivity index (χ1n) is 2.80. The molecule has 0 aromatic carbocycles. The van der Waals surface area contributed by atoms with Gasteiger partial charge in [-0.1, -0.05) is 0 Å². The van der Waals surface area contributed by atoms with Crippen LogP contribution in [-0.2, 0) is 4.79 Å².